The van der Waals surface area contributed by atoms with Crippen LogP contribution in [0.4, 0.5) is 0 Å². The summed E-state index contributed by atoms with van der Waals surface area (Å²) in [7, 11) is 4.23. The Morgan fingerprint density at radius 2 is 2.06 bits per heavy atom. The van der Waals surface area contributed by atoms with Gasteiger partial charge < -0.3 is 20.3 Å². The second-order valence-corrected chi connectivity index (χ2v) is 5.19. The third-order valence-corrected chi connectivity index (χ3v) is 3.20. The van der Waals surface area contributed by atoms with E-state index in [1.807, 2.05) is 0 Å². The zero-order valence-corrected chi connectivity index (χ0v) is 11.0. The van der Waals surface area contributed by atoms with E-state index in [2.05, 4.69) is 30.8 Å². The van der Waals surface area contributed by atoms with Gasteiger partial charge in [-0.1, -0.05) is 6.92 Å². The van der Waals surface area contributed by atoms with Gasteiger partial charge in [0.2, 0.25) is 0 Å². The highest BCUT2D eigenvalue weighted by atomic mass is 16.5. The van der Waals surface area contributed by atoms with Gasteiger partial charge in [0.25, 0.3) is 0 Å². The molecule has 1 rings (SSSR count). The van der Waals surface area contributed by atoms with Crippen LogP contribution < -0.4 is 5.73 Å². The van der Waals surface area contributed by atoms with Gasteiger partial charge in [0.05, 0.1) is 12.1 Å². The molecular weight excluding hydrogens is 202 g/mol. The minimum absolute atomic E-state index is 0.103. The first-order valence-corrected chi connectivity index (χ1v) is 6.29. The quantitative estimate of drug-likeness (QED) is 0.685. The summed E-state index contributed by atoms with van der Waals surface area (Å²) in [6.45, 7) is 8.07. The number of hydrogen-bond acceptors (Lipinski definition) is 4. The molecular formula is C12H27N3O. The van der Waals surface area contributed by atoms with E-state index in [-0.39, 0.29) is 5.54 Å². The van der Waals surface area contributed by atoms with Crippen LogP contribution in [0.25, 0.3) is 0 Å². The van der Waals surface area contributed by atoms with Gasteiger partial charge in [-0.25, -0.2) is 0 Å². The molecule has 0 amide bonds. The lowest BCUT2D eigenvalue weighted by Crippen LogP contribution is -2.51. The van der Waals surface area contributed by atoms with Gasteiger partial charge in [0.15, 0.2) is 0 Å². The van der Waals surface area contributed by atoms with E-state index in [9.17, 15) is 0 Å². The van der Waals surface area contributed by atoms with Gasteiger partial charge >= 0.3 is 0 Å². The third kappa shape index (κ3) is 4.78. The van der Waals surface area contributed by atoms with Crippen LogP contribution in [0.3, 0.4) is 0 Å². The van der Waals surface area contributed by atoms with E-state index in [1.54, 1.807) is 0 Å². The maximum atomic E-state index is 6.29. The highest BCUT2D eigenvalue weighted by molar-refractivity contribution is 4.90. The molecule has 1 heterocycles. The molecule has 4 heteroatoms. The van der Waals surface area contributed by atoms with E-state index in [0.29, 0.717) is 0 Å². The number of ether oxygens (including phenoxy) is 1. The Morgan fingerprint density at radius 1 is 1.31 bits per heavy atom. The monoisotopic (exact) mass is 229 g/mol. The normalized spacial score (nSPS) is 25.9. The van der Waals surface area contributed by atoms with Crippen molar-refractivity contribution in [2.24, 2.45) is 5.73 Å². The summed E-state index contributed by atoms with van der Waals surface area (Å²) in [4.78, 5) is 4.67. The van der Waals surface area contributed by atoms with Crippen LogP contribution in [0.5, 0.6) is 0 Å². The lowest BCUT2D eigenvalue weighted by atomic mass is 9.99. The van der Waals surface area contributed by atoms with Gasteiger partial charge in [-0.3, -0.25) is 0 Å². The first kappa shape index (κ1) is 13.9. The minimum atomic E-state index is -0.103. The van der Waals surface area contributed by atoms with Crippen molar-refractivity contribution >= 4 is 0 Å². The molecule has 2 N–H and O–H groups in total. The third-order valence-electron chi connectivity index (χ3n) is 3.20. The number of nitrogens with zero attached hydrogens (tertiary/aromatic N) is 2. The smallest absolute Gasteiger partial charge is 0.0659 e. The van der Waals surface area contributed by atoms with Crippen molar-refractivity contribution < 1.29 is 4.74 Å². The van der Waals surface area contributed by atoms with Crippen LogP contribution in [-0.4, -0.2) is 68.8 Å². The summed E-state index contributed by atoms with van der Waals surface area (Å²) in [5, 5.41) is 0. The van der Waals surface area contributed by atoms with Gasteiger partial charge in [-0.2, -0.15) is 0 Å². The molecule has 1 fully saturated rings. The van der Waals surface area contributed by atoms with Crippen LogP contribution in [-0.2, 0) is 4.74 Å². The summed E-state index contributed by atoms with van der Waals surface area (Å²) in [6.07, 6.45) is 2.20. The van der Waals surface area contributed by atoms with Crippen molar-refractivity contribution in [3.05, 3.63) is 0 Å². The molecule has 96 valence electrons. The lowest BCUT2D eigenvalue weighted by molar-refractivity contribution is 0.153. The predicted octanol–water partition coefficient (Wildman–Crippen LogP) is 0.378. The van der Waals surface area contributed by atoms with Crippen molar-refractivity contribution in [1.82, 2.24) is 9.80 Å². The molecule has 0 spiro atoms. The van der Waals surface area contributed by atoms with Gasteiger partial charge in [-0.15, -0.1) is 0 Å². The fourth-order valence-corrected chi connectivity index (χ4v) is 2.15. The Balaban J connectivity index is 2.25. The highest BCUT2D eigenvalue weighted by Crippen LogP contribution is 2.16. The molecule has 1 aliphatic heterocycles. The molecule has 1 atom stereocenters. The van der Waals surface area contributed by atoms with Crippen molar-refractivity contribution in [2.45, 2.75) is 25.3 Å². The van der Waals surface area contributed by atoms with E-state index >= 15 is 0 Å². The van der Waals surface area contributed by atoms with Crippen LogP contribution in [0.15, 0.2) is 0 Å². The summed E-state index contributed by atoms with van der Waals surface area (Å²) < 4.78 is 5.39. The van der Waals surface area contributed by atoms with Crippen LogP contribution in [0, 0.1) is 0 Å². The largest absolute Gasteiger partial charge is 0.379 e. The van der Waals surface area contributed by atoms with E-state index in [0.717, 1.165) is 45.8 Å². The van der Waals surface area contributed by atoms with Crippen molar-refractivity contribution in [3.8, 4) is 0 Å². The second-order valence-electron chi connectivity index (χ2n) is 5.19. The summed E-state index contributed by atoms with van der Waals surface area (Å²) in [6, 6.07) is 0. The van der Waals surface area contributed by atoms with E-state index < -0.39 is 0 Å². The molecule has 1 aliphatic rings. The molecule has 16 heavy (non-hydrogen) atoms. The highest BCUT2D eigenvalue weighted by Gasteiger charge is 2.31. The minimum Gasteiger partial charge on any atom is -0.379 e. The Morgan fingerprint density at radius 3 is 2.56 bits per heavy atom. The Kier molecular flexibility index (Phi) is 5.69. The standard InChI is InChI=1S/C12H27N3O/c1-4-15(8-5-7-14(2)3)10-12(13)6-9-16-11-12/h4-11,13H2,1-3H3. The fraction of sp³-hybridized carbons (Fsp3) is 1.00. The molecule has 0 aliphatic carbocycles. The molecule has 1 saturated heterocycles. The SMILES string of the molecule is CCN(CCCN(C)C)CC1(N)CCOC1. The van der Waals surface area contributed by atoms with Crippen molar-refractivity contribution in [2.75, 3.05) is 53.5 Å². The van der Waals surface area contributed by atoms with Gasteiger partial charge in [0.1, 0.15) is 0 Å². The number of nitrogens with two attached hydrogens (primary N) is 1. The topological polar surface area (TPSA) is 41.7 Å². The molecule has 4 nitrogen and oxygen atoms in total. The maximum Gasteiger partial charge on any atom is 0.0659 e. The van der Waals surface area contributed by atoms with E-state index in [4.69, 9.17) is 10.5 Å². The van der Waals surface area contributed by atoms with Crippen LogP contribution in [0.2, 0.25) is 0 Å². The summed E-state index contributed by atoms with van der Waals surface area (Å²) in [5.41, 5.74) is 6.19. The average molecular weight is 229 g/mol. The average Bonchev–Trinajstić information content (AvgIpc) is 2.63. The predicted molar refractivity (Wildman–Crippen MR) is 67.6 cm³/mol. The summed E-state index contributed by atoms with van der Waals surface area (Å²) >= 11 is 0. The second kappa shape index (κ2) is 6.55. The Labute approximate surface area is 99.7 Å². The Hall–Kier alpha value is -0.160. The lowest BCUT2D eigenvalue weighted by Gasteiger charge is -2.30. The van der Waals surface area contributed by atoms with Crippen LogP contribution in [0.1, 0.15) is 19.8 Å². The summed E-state index contributed by atoms with van der Waals surface area (Å²) in [5.74, 6) is 0. The maximum absolute atomic E-state index is 6.29. The van der Waals surface area contributed by atoms with Crippen LogP contribution >= 0.6 is 0 Å². The van der Waals surface area contributed by atoms with Crippen molar-refractivity contribution in [3.63, 3.8) is 0 Å². The number of likely N-dealkylation sites (N-methyl/N-ethyl adjacent to an activating group) is 1. The number of hydrogen-bond donors (Lipinski definition) is 1. The molecule has 0 bridgehead atoms. The molecule has 0 aromatic heterocycles. The van der Waals surface area contributed by atoms with Gasteiger partial charge in [0, 0.05) is 13.2 Å². The zero-order valence-electron chi connectivity index (χ0n) is 11.0. The molecule has 0 saturated carbocycles. The van der Waals surface area contributed by atoms with E-state index in [1.165, 1.54) is 6.42 Å². The molecule has 0 radical (unpaired) electrons. The first-order chi connectivity index (χ1) is 7.56. The zero-order chi connectivity index (χ0) is 12.0. The van der Waals surface area contributed by atoms with Gasteiger partial charge in [-0.05, 0) is 46.6 Å². The molecule has 0 aromatic carbocycles. The molecule has 0 aromatic rings. The first-order valence-electron chi connectivity index (χ1n) is 6.29. The molecule has 1 unspecified atom stereocenters. The Bertz CT molecular complexity index is 191. The number of rotatable bonds is 7. The fourth-order valence-electron chi connectivity index (χ4n) is 2.15. The van der Waals surface area contributed by atoms with Crippen molar-refractivity contribution in [1.29, 1.82) is 0 Å².